The molecule has 1 atom stereocenters. The van der Waals surface area contributed by atoms with Crippen molar-refractivity contribution in [2.75, 3.05) is 5.32 Å². The molecule has 0 aliphatic heterocycles. The fraction of sp³-hybridized carbons (Fsp3) is 0.438. The maximum Gasteiger partial charge on any atom is 0.306 e. The van der Waals surface area contributed by atoms with Crippen molar-refractivity contribution in [2.45, 2.75) is 39.7 Å². The lowest BCUT2D eigenvalue weighted by Gasteiger charge is -2.14. The Morgan fingerprint density at radius 3 is 2.23 bits per heavy atom. The highest BCUT2D eigenvalue weighted by Crippen LogP contribution is 2.11. The number of hydrogen-bond donors (Lipinski definition) is 2. The highest BCUT2D eigenvalue weighted by Gasteiger charge is 2.18. The minimum atomic E-state index is -0.879. The van der Waals surface area contributed by atoms with Crippen LogP contribution in [0, 0.1) is 5.92 Å². The monoisotopic (exact) mass is 306 g/mol. The van der Waals surface area contributed by atoms with Crippen LogP contribution in [0.15, 0.2) is 24.3 Å². The lowest BCUT2D eigenvalue weighted by molar-refractivity contribution is -0.153. The largest absolute Gasteiger partial charge is 0.453 e. The molecule has 0 saturated carbocycles. The molecule has 6 heteroatoms. The van der Waals surface area contributed by atoms with Crippen molar-refractivity contribution in [1.82, 2.24) is 0 Å². The van der Waals surface area contributed by atoms with Gasteiger partial charge in [0.05, 0.1) is 0 Å². The Morgan fingerprint density at radius 2 is 1.73 bits per heavy atom. The third-order valence-corrected chi connectivity index (χ3v) is 3.04. The smallest absolute Gasteiger partial charge is 0.306 e. The van der Waals surface area contributed by atoms with E-state index in [1.54, 1.807) is 12.1 Å². The molecule has 1 rings (SSSR count). The zero-order chi connectivity index (χ0) is 16.7. The quantitative estimate of drug-likeness (QED) is 0.753. The molecule has 0 unspecified atom stereocenters. The molecule has 0 saturated heterocycles. The number of amides is 2. The van der Waals surface area contributed by atoms with Gasteiger partial charge >= 0.3 is 5.97 Å². The second-order valence-corrected chi connectivity index (χ2v) is 5.50. The van der Waals surface area contributed by atoms with E-state index in [0.29, 0.717) is 23.6 Å². The summed E-state index contributed by atoms with van der Waals surface area (Å²) in [4.78, 5) is 34.5. The van der Waals surface area contributed by atoms with E-state index in [-0.39, 0.29) is 5.97 Å². The molecule has 0 heterocycles. The van der Waals surface area contributed by atoms with E-state index in [4.69, 9.17) is 10.5 Å². The summed E-state index contributed by atoms with van der Waals surface area (Å²) in [5, 5.41) is 2.61. The molecule has 0 aliphatic rings. The number of anilines is 1. The first-order valence-corrected chi connectivity index (χ1v) is 7.19. The van der Waals surface area contributed by atoms with E-state index in [9.17, 15) is 14.4 Å². The Kier molecular flexibility index (Phi) is 6.56. The van der Waals surface area contributed by atoms with Gasteiger partial charge in [-0.1, -0.05) is 13.8 Å². The van der Waals surface area contributed by atoms with Crippen LogP contribution in [-0.4, -0.2) is 23.9 Å². The summed E-state index contributed by atoms with van der Waals surface area (Å²) in [6.07, 6.45) is 0.139. The molecule has 22 heavy (non-hydrogen) atoms. The van der Waals surface area contributed by atoms with Gasteiger partial charge in [-0.15, -0.1) is 0 Å². The summed E-state index contributed by atoms with van der Waals surface area (Å²) >= 11 is 0. The Labute approximate surface area is 130 Å². The maximum absolute atomic E-state index is 11.9. The number of nitrogens with two attached hydrogens (primary N) is 1. The summed E-state index contributed by atoms with van der Waals surface area (Å²) in [5.41, 5.74) is 5.99. The molecular weight excluding hydrogens is 284 g/mol. The number of hydrogen-bond acceptors (Lipinski definition) is 4. The zero-order valence-corrected chi connectivity index (χ0v) is 13.1. The average molecular weight is 306 g/mol. The maximum atomic E-state index is 11.9. The van der Waals surface area contributed by atoms with Crippen LogP contribution in [0.5, 0.6) is 0 Å². The van der Waals surface area contributed by atoms with Crippen LogP contribution in [0.3, 0.4) is 0 Å². The Balaban J connectivity index is 2.50. The van der Waals surface area contributed by atoms with Crippen molar-refractivity contribution in [1.29, 1.82) is 0 Å². The van der Waals surface area contributed by atoms with Gasteiger partial charge in [0.1, 0.15) is 0 Å². The summed E-state index contributed by atoms with van der Waals surface area (Å²) in [6, 6.07) is 6.14. The number of carbonyl (C=O) groups excluding carboxylic acids is 3. The molecule has 2 amide bonds. The number of carbonyl (C=O) groups is 3. The number of benzene rings is 1. The Morgan fingerprint density at radius 1 is 1.14 bits per heavy atom. The van der Waals surface area contributed by atoms with Crippen molar-refractivity contribution < 1.29 is 19.1 Å². The van der Waals surface area contributed by atoms with Gasteiger partial charge in [-0.2, -0.15) is 0 Å². The molecule has 0 aromatic heterocycles. The second-order valence-electron chi connectivity index (χ2n) is 5.50. The van der Waals surface area contributed by atoms with Crippen LogP contribution in [0.25, 0.3) is 0 Å². The fourth-order valence-electron chi connectivity index (χ4n) is 1.68. The summed E-state index contributed by atoms with van der Waals surface area (Å²) < 4.78 is 5.07. The van der Waals surface area contributed by atoms with E-state index < -0.39 is 17.9 Å². The zero-order valence-electron chi connectivity index (χ0n) is 13.1. The molecule has 0 bridgehead atoms. The van der Waals surface area contributed by atoms with Gasteiger partial charge in [-0.25, -0.2) is 0 Å². The average Bonchev–Trinajstić information content (AvgIpc) is 2.45. The van der Waals surface area contributed by atoms with Gasteiger partial charge in [0.15, 0.2) is 6.10 Å². The fourth-order valence-corrected chi connectivity index (χ4v) is 1.68. The molecule has 0 fully saturated rings. The molecule has 6 nitrogen and oxygen atoms in total. The predicted molar refractivity (Wildman–Crippen MR) is 83.2 cm³/mol. The standard InChI is InChI=1S/C16H22N2O4/c1-10(2)4-9-14(19)22-11(3)16(21)18-13-7-5-12(6-8-13)15(17)20/h5-8,10-11H,4,9H2,1-3H3,(H2,17,20)(H,18,21)/t11-/m0/s1. The lowest BCUT2D eigenvalue weighted by Crippen LogP contribution is -2.30. The Bertz CT molecular complexity index is 538. The molecule has 0 aliphatic carbocycles. The van der Waals surface area contributed by atoms with Crippen molar-refractivity contribution in [2.24, 2.45) is 11.7 Å². The van der Waals surface area contributed by atoms with Crippen molar-refractivity contribution >= 4 is 23.5 Å². The molecule has 0 spiro atoms. The van der Waals surface area contributed by atoms with Gasteiger partial charge in [-0.3, -0.25) is 14.4 Å². The van der Waals surface area contributed by atoms with Gasteiger partial charge < -0.3 is 15.8 Å². The van der Waals surface area contributed by atoms with Gasteiger partial charge in [0, 0.05) is 17.7 Å². The number of esters is 1. The summed E-state index contributed by atoms with van der Waals surface area (Å²) in [7, 11) is 0. The minimum Gasteiger partial charge on any atom is -0.453 e. The van der Waals surface area contributed by atoms with Gasteiger partial charge in [0.2, 0.25) is 5.91 Å². The van der Waals surface area contributed by atoms with Gasteiger partial charge in [-0.05, 0) is 43.5 Å². The molecule has 0 radical (unpaired) electrons. The van der Waals surface area contributed by atoms with E-state index >= 15 is 0 Å². The summed E-state index contributed by atoms with van der Waals surface area (Å²) in [6.45, 7) is 5.54. The highest BCUT2D eigenvalue weighted by atomic mass is 16.5. The van der Waals surface area contributed by atoms with Crippen LogP contribution in [0.4, 0.5) is 5.69 Å². The van der Waals surface area contributed by atoms with Crippen LogP contribution in [0.1, 0.15) is 44.0 Å². The molecular formula is C16H22N2O4. The van der Waals surface area contributed by atoms with E-state index in [1.807, 2.05) is 13.8 Å². The SMILES string of the molecule is CC(C)CCC(=O)O[C@@H](C)C(=O)Nc1ccc(C(N)=O)cc1. The first-order valence-electron chi connectivity index (χ1n) is 7.19. The minimum absolute atomic E-state index is 0.294. The normalized spacial score (nSPS) is 11.8. The third-order valence-electron chi connectivity index (χ3n) is 3.04. The van der Waals surface area contributed by atoms with Crippen molar-refractivity contribution in [3.05, 3.63) is 29.8 Å². The third kappa shape index (κ3) is 5.95. The predicted octanol–water partition coefficient (Wildman–Crippen LogP) is 2.09. The lowest BCUT2D eigenvalue weighted by atomic mass is 10.1. The van der Waals surface area contributed by atoms with Crippen LogP contribution in [0.2, 0.25) is 0 Å². The van der Waals surface area contributed by atoms with E-state index in [2.05, 4.69) is 5.32 Å². The Hall–Kier alpha value is -2.37. The first kappa shape index (κ1) is 17.7. The number of rotatable bonds is 7. The molecule has 3 N–H and O–H groups in total. The number of nitrogens with one attached hydrogen (secondary N) is 1. The molecule has 1 aromatic carbocycles. The second kappa shape index (κ2) is 8.17. The van der Waals surface area contributed by atoms with Crippen molar-refractivity contribution in [3.8, 4) is 0 Å². The number of ether oxygens (including phenoxy) is 1. The molecule has 1 aromatic rings. The van der Waals surface area contributed by atoms with Crippen LogP contribution < -0.4 is 11.1 Å². The topological polar surface area (TPSA) is 98.5 Å². The number of primary amides is 1. The summed E-state index contributed by atoms with van der Waals surface area (Å²) in [5.74, 6) is -0.948. The van der Waals surface area contributed by atoms with Crippen molar-refractivity contribution in [3.63, 3.8) is 0 Å². The molecule has 120 valence electrons. The highest BCUT2D eigenvalue weighted by molar-refractivity contribution is 5.96. The van der Waals surface area contributed by atoms with E-state index in [1.165, 1.54) is 19.1 Å². The first-order chi connectivity index (χ1) is 10.3. The van der Waals surface area contributed by atoms with E-state index in [0.717, 1.165) is 6.42 Å². The van der Waals surface area contributed by atoms with Gasteiger partial charge in [0.25, 0.3) is 5.91 Å². The van der Waals surface area contributed by atoms with Crippen LogP contribution >= 0.6 is 0 Å². The van der Waals surface area contributed by atoms with Crippen LogP contribution in [-0.2, 0) is 14.3 Å².